The summed E-state index contributed by atoms with van der Waals surface area (Å²) in [6.45, 7) is 0. The molecule has 1 aromatic rings. The van der Waals surface area contributed by atoms with E-state index in [-0.39, 0.29) is 0 Å². The Morgan fingerprint density at radius 3 is 2.59 bits per heavy atom. The number of nitrogens with two attached hydrogens (primary N) is 1. The van der Waals surface area contributed by atoms with Crippen LogP contribution in [0.2, 0.25) is 5.02 Å². The van der Waals surface area contributed by atoms with Gasteiger partial charge in [0.15, 0.2) is 0 Å². The summed E-state index contributed by atoms with van der Waals surface area (Å²) in [5, 5.41) is 4.19. The molecule has 0 aliphatic heterocycles. The van der Waals surface area contributed by atoms with Crippen LogP contribution in [0.4, 0.5) is 5.69 Å². The molecule has 2 rings (SSSR count). The first-order valence-electron chi connectivity index (χ1n) is 6.04. The third-order valence-electron chi connectivity index (χ3n) is 3.31. The summed E-state index contributed by atoms with van der Waals surface area (Å²) < 4.78 is 5.13. The van der Waals surface area contributed by atoms with Gasteiger partial charge in [-0.15, -0.1) is 0 Å². The van der Waals surface area contributed by atoms with Crippen LogP contribution in [0.5, 0.6) is 5.75 Å². The van der Waals surface area contributed by atoms with Crippen molar-refractivity contribution in [3.8, 4) is 5.75 Å². The van der Waals surface area contributed by atoms with E-state index in [1.54, 1.807) is 7.11 Å². The number of methoxy groups -OCH3 is 1. The molecule has 0 spiro atoms. The molecule has 0 unspecified atom stereocenters. The second-order valence-corrected chi connectivity index (χ2v) is 5.01. The fourth-order valence-corrected chi connectivity index (χ4v) is 2.45. The van der Waals surface area contributed by atoms with Gasteiger partial charge in [-0.05, 0) is 37.8 Å². The molecule has 4 heteroatoms. The van der Waals surface area contributed by atoms with Gasteiger partial charge in [-0.25, -0.2) is 0 Å². The van der Waals surface area contributed by atoms with Crippen LogP contribution in [-0.2, 0) is 0 Å². The molecule has 3 N–H and O–H groups in total. The maximum absolute atomic E-state index is 6.19. The average Bonchev–Trinajstić information content (AvgIpc) is 2.34. The van der Waals surface area contributed by atoms with E-state index in [4.69, 9.17) is 22.1 Å². The lowest BCUT2D eigenvalue weighted by atomic mass is 9.91. The van der Waals surface area contributed by atoms with Crippen molar-refractivity contribution >= 4 is 17.3 Å². The van der Waals surface area contributed by atoms with Crippen LogP contribution in [-0.4, -0.2) is 19.2 Å². The Labute approximate surface area is 107 Å². The number of anilines is 1. The molecule has 1 aromatic carbocycles. The number of rotatable bonds is 3. The van der Waals surface area contributed by atoms with Crippen molar-refractivity contribution in [3.63, 3.8) is 0 Å². The van der Waals surface area contributed by atoms with E-state index in [9.17, 15) is 0 Å². The minimum Gasteiger partial charge on any atom is -0.497 e. The summed E-state index contributed by atoms with van der Waals surface area (Å²) >= 11 is 6.19. The molecule has 1 aliphatic carbocycles. The van der Waals surface area contributed by atoms with E-state index < -0.39 is 0 Å². The minimum atomic E-state index is 0.374. The highest BCUT2D eigenvalue weighted by molar-refractivity contribution is 6.33. The zero-order chi connectivity index (χ0) is 12.3. The molecular formula is C13H19ClN2O. The van der Waals surface area contributed by atoms with Gasteiger partial charge >= 0.3 is 0 Å². The Kier molecular flexibility index (Phi) is 4.13. The van der Waals surface area contributed by atoms with Crippen molar-refractivity contribution in [1.29, 1.82) is 0 Å². The van der Waals surface area contributed by atoms with Gasteiger partial charge in [0.25, 0.3) is 0 Å². The van der Waals surface area contributed by atoms with Crippen LogP contribution in [0.1, 0.15) is 25.7 Å². The number of hydrogen-bond donors (Lipinski definition) is 2. The third kappa shape index (κ3) is 3.27. The van der Waals surface area contributed by atoms with Crippen LogP contribution >= 0.6 is 11.6 Å². The quantitative estimate of drug-likeness (QED) is 0.872. The topological polar surface area (TPSA) is 47.3 Å². The number of benzene rings is 1. The van der Waals surface area contributed by atoms with E-state index in [0.717, 1.165) is 37.1 Å². The average molecular weight is 255 g/mol. The maximum atomic E-state index is 6.19. The van der Waals surface area contributed by atoms with Crippen molar-refractivity contribution in [3.05, 3.63) is 23.2 Å². The Balaban J connectivity index is 1.99. The van der Waals surface area contributed by atoms with Crippen LogP contribution in [0.25, 0.3) is 0 Å². The first kappa shape index (κ1) is 12.5. The van der Waals surface area contributed by atoms with Gasteiger partial charge in [0, 0.05) is 18.2 Å². The van der Waals surface area contributed by atoms with Crippen LogP contribution in [0.15, 0.2) is 18.2 Å². The number of hydrogen-bond acceptors (Lipinski definition) is 3. The first-order chi connectivity index (χ1) is 8.19. The van der Waals surface area contributed by atoms with Crippen molar-refractivity contribution in [1.82, 2.24) is 0 Å². The molecular weight excluding hydrogens is 236 g/mol. The number of halogens is 1. The van der Waals surface area contributed by atoms with Gasteiger partial charge in [-0.1, -0.05) is 11.6 Å². The summed E-state index contributed by atoms with van der Waals surface area (Å²) in [5.41, 5.74) is 6.87. The highest BCUT2D eigenvalue weighted by Crippen LogP contribution is 2.29. The fraction of sp³-hybridized carbons (Fsp3) is 0.538. The molecule has 0 saturated heterocycles. The second kappa shape index (κ2) is 5.61. The lowest BCUT2D eigenvalue weighted by Crippen LogP contribution is -2.32. The van der Waals surface area contributed by atoms with Gasteiger partial charge in [-0.3, -0.25) is 0 Å². The van der Waals surface area contributed by atoms with Crippen molar-refractivity contribution < 1.29 is 4.74 Å². The minimum absolute atomic E-state index is 0.374. The summed E-state index contributed by atoms with van der Waals surface area (Å²) in [5.74, 6) is 0.784. The molecule has 17 heavy (non-hydrogen) atoms. The number of nitrogens with one attached hydrogen (secondary N) is 1. The van der Waals surface area contributed by atoms with E-state index in [0.29, 0.717) is 17.1 Å². The first-order valence-corrected chi connectivity index (χ1v) is 6.42. The Bertz CT molecular complexity index is 376. The molecule has 1 aliphatic rings. The van der Waals surface area contributed by atoms with E-state index in [2.05, 4.69) is 5.32 Å². The van der Waals surface area contributed by atoms with Gasteiger partial charge in [0.1, 0.15) is 5.75 Å². The zero-order valence-electron chi connectivity index (χ0n) is 10.1. The highest BCUT2D eigenvalue weighted by Gasteiger charge is 2.18. The predicted molar refractivity (Wildman–Crippen MR) is 71.9 cm³/mol. The Hall–Kier alpha value is -0.930. The lowest BCUT2D eigenvalue weighted by molar-refractivity contribution is 0.410. The molecule has 0 amide bonds. The van der Waals surface area contributed by atoms with Crippen molar-refractivity contribution in [2.75, 3.05) is 12.4 Å². The Morgan fingerprint density at radius 1 is 1.29 bits per heavy atom. The standard InChI is InChI=1S/C13H19ClN2O/c1-17-11-6-7-13(12(14)8-11)16-10-4-2-9(15)3-5-10/h6-10,16H,2-5,15H2,1H3. The zero-order valence-corrected chi connectivity index (χ0v) is 10.8. The van der Waals surface area contributed by atoms with Crippen LogP contribution < -0.4 is 15.8 Å². The third-order valence-corrected chi connectivity index (χ3v) is 3.62. The second-order valence-electron chi connectivity index (χ2n) is 4.60. The van der Waals surface area contributed by atoms with E-state index in [1.165, 1.54) is 0 Å². The van der Waals surface area contributed by atoms with Crippen LogP contribution in [0.3, 0.4) is 0 Å². The SMILES string of the molecule is COc1ccc(NC2CCC(N)CC2)c(Cl)c1. The largest absolute Gasteiger partial charge is 0.497 e. The summed E-state index contributed by atoms with van der Waals surface area (Å²) in [6, 6.07) is 6.58. The molecule has 0 atom stereocenters. The van der Waals surface area contributed by atoms with Gasteiger partial charge in [-0.2, -0.15) is 0 Å². The molecule has 94 valence electrons. The molecule has 1 fully saturated rings. The molecule has 0 heterocycles. The van der Waals surface area contributed by atoms with Crippen LogP contribution in [0, 0.1) is 0 Å². The maximum Gasteiger partial charge on any atom is 0.120 e. The molecule has 1 saturated carbocycles. The normalized spacial score (nSPS) is 24.4. The van der Waals surface area contributed by atoms with E-state index >= 15 is 0 Å². The molecule has 0 aromatic heterocycles. The fourth-order valence-electron chi connectivity index (χ4n) is 2.22. The summed E-state index contributed by atoms with van der Waals surface area (Å²) in [7, 11) is 1.64. The highest BCUT2D eigenvalue weighted by atomic mass is 35.5. The van der Waals surface area contributed by atoms with Gasteiger partial charge in [0.2, 0.25) is 0 Å². The predicted octanol–water partition coefficient (Wildman–Crippen LogP) is 3.03. The monoisotopic (exact) mass is 254 g/mol. The summed E-state index contributed by atoms with van der Waals surface area (Å²) in [4.78, 5) is 0. The summed E-state index contributed by atoms with van der Waals surface area (Å²) in [6.07, 6.45) is 4.41. The van der Waals surface area contributed by atoms with Crippen molar-refractivity contribution in [2.45, 2.75) is 37.8 Å². The van der Waals surface area contributed by atoms with Gasteiger partial charge in [0.05, 0.1) is 17.8 Å². The molecule has 0 radical (unpaired) electrons. The van der Waals surface area contributed by atoms with Gasteiger partial charge < -0.3 is 15.8 Å². The molecule has 3 nitrogen and oxygen atoms in total. The smallest absolute Gasteiger partial charge is 0.120 e. The number of ether oxygens (including phenoxy) is 1. The van der Waals surface area contributed by atoms with E-state index in [1.807, 2.05) is 18.2 Å². The lowest BCUT2D eigenvalue weighted by Gasteiger charge is -2.28. The van der Waals surface area contributed by atoms with Crippen molar-refractivity contribution in [2.24, 2.45) is 5.73 Å². The molecule has 0 bridgehead atoms. The Morgan fingerprint density at radius 2 is 2.00 bits per heavy atom.